The van der Waals surface area contributed by atoms with Gasteiger partial charge in [0.15, 0.2) is 0 Å². The fraction of sp³-hybridized carbons (Fsp3) is 0.438. The molecule has 0 aliphatic carbocycles. The van der Waals surface area contributed by atoms with Gasteiger partial charge in [0, 0.05) is 18.4 Å². The second kappa shape index (κ2) is 6.64. The molecule has 0 bridgehead atoms. The standard InChI is InChI=1S/C16H19N5OS/c1-2-8-20(13(5-1)11-21-9-4-7-17-21)12-15-18-16(19-22-15)14-6-3-10-23-14/h3-4,6-7,9-10,13H,1-2,5,8,11-12H2/t13-/m0/s1. The third kappa shape index (κ3) is 3.35. The smallest absolute Gasteiger partial charge is 0.241 e. The Labute approximate surface area is 138 Å². The minimum atomic E-state index is 0.473. The van der Waals surface area contributed by atoms with Crippen molar-refractivity contribution in [2.75, 3.05) is 6.54 Å². The van der Waals surface area contributed by atoms with Gasteiger partial charge in [-0.25, -0.2) is 0 Å². The summed E-state index contributed by atoms with van der Waals surface area (Å²) < 4.78 is 7.46. The van der Waals surface area contributed by atoms with Crippen LogP contribution in [-0.2, 0) is 13.1 Å². The number of hydrogen-bond acceptors (Lipinski definition) is 6. The third-order valence-electron chi connectivity index (χ3n) is 4.25. The first-order valence-corrected chi connectivity index (χ1v) is 8.84. The summed E-state index contributed by atoms with van der Waals surface area (Å²) in [5.41, 5.74) is 0. The summed E-state index contributed by atoms with van der Waals surface area (Å²) in [6, 6.07) is 6.46. The zero-order chi connectivity index (χ0) is 15.5. The molecule has 120 valence electrons. The monoisotopic (exact) mass is 329 g/mol. The zero-order valence-corrected chi connectivity index (χ0v) is 13.7. The molecule has 3 aromatic rings. The molecule has 7 heteroatoms. The molecule has 23 heavy (non-hydrogen) atoms. The molecular formula is C16H19N5OS. The fourth-order valence-electron chi connectivity index (χ4n) is 3.10. The molecule has 4 heterocycles. The van der Waals surface area contributed by atoms with Gasteiger partial charge in [0.1, 0.15) is 0 Å². The molecule has 1 atom stereocenters. The fourth-order valence-corrected chi connectivity index (χ4v) is 3.75. The van der Waals surface area contributed by atoms with Crippen LogP contribution in [0, 0.1) is 0 Å². The summed E-state index contributed by atoms with van der Waals surface area (Å²) in [5, 5.41) is 10.5. The number of nitrogens with zero attached hydrogens (tertiary/aromatic N) is 5. The van der Waals surface area contributed by atoms with E-state index in [-0.39, 0.29) is 0 Å². The molecule has 3 aromatic heterocycles. The quantitative estimate of drug-likeness (QED) is 0.720. The van der Waals surface area contributed by atoms with Crippen molar-refractivity contribution in [3.63, 3.8) is 0 Å². The minimum absolute atomic E-state index is 0.473. The van der Waals surface area contributed by atoms with Crippen molar-refractivity contribution in [3.8, 4) is 10.7 Å². The van der Waals surface area contributed by atoms with Crippen LogP contribution >= 0.6 is 11.3 Å². The first-order valence-electron chi connectivity index (χ1n) is 7.96. The van der Waals surface area contributed by atoms with Crippen LogP contribution < -0.4 is 0 Å². The van der Waals surface area contributed by atoms with E-state index in [0.29, 0.717) is 24.3 Å². The largest absolute Gasteiger partial charge is 0.338 e. The van der Waals surface area contributed by atoms with Crippen LogP contribution in [0.4, 0.5) is 0 Å². The zero-order valence-electron chi connectivity index (χ0n) is 12.8. The van der Waals surface area contributed by atoms with Gasteiger partial charge in [0.05, 0.1) is 18.0 Å². The molecule has 1 saturated heterocycles. The van der Waals surface area contributed by atoms with Gasteiger partial charge >= 0.3 is 0 Å². The van der Waals surface area contributed by atoms with E-state index in [4.69, 9.17) is 4.52 Å². The Morgan fingerprint density at radius 2 is 2.30 bits per heavy atom. The number of likely N-dealkylation sites (tertiary alicyclic amines) is 1. The third-order valence-corrected chi connectivity index (χ3v) is 5.12. The van der Waals surface area contributed by atoms with Crippen LogP contribution in [-0.4, -0.2) is 37.4 Å². The molecular weight excluding hydrogens is 310 g/mol. The maximum absolute atomic E-state index is 5.46. The van der Waals surface area contributed by atoms with E-state index in [1.807, 2.05) is 40.7 Å². The van der Waals surface area contributed by atoms with Gasteiger partial charge in [-0.15, -0.1) is 11.3 Å². The lowest BCUT2D eigenvalue weighted by atomic mass is 10.0. The predicted molar refractivity (Wildman–Crippen MR) is 87.9 cm³/mol. The molecule has 6 nitrogen and oxygen atoms in total. The molecule has 0 spiro atoms. The Kier molecular flexibility index (Phi) is 4.21. The lowest BCUT2D eigenvalue weighted by molar-refractivity contribution is 0.108. The predicted octanol–water partition coefficient (Wildman–Crippen LogP) is 3.05. The van der Waals surface area contributed by atoms with Gasteiger partial charge in [-0.3, -0.25) is 9.58 Å². The molecule has 4 rings (SSSR count). The molecule has 0 amide bonds. The van der Waals surface area contributed by atoms with Crippen LogP contribution in [0.3, 0.4) is 0 Å². The Morgan fingerprint density at radius 1 is 1.30 bits per heavy atom. The number of piperidine rings is 1. The van der Waals surface area contributed by atoms with Gasteiger partial charge in [-0.05, 0) is 36.9 Å². The van der Waals surface area contributed by atoms with Crippen LogP contribution in [0.1, 0.15) is 25.2 Å². The van der Waals surface area contributed by atoms with E-state index in [9.17, 15) is 0 Å². The van der Waals surface area contributed by atoms with Crippen molar-refractivity contribution in [2.45, 2.75) is 38.4 Å². The van der Waals surface area contributed by atoms with Gasteiger partial charge in [-0.2, -0.15) is 10.1 Å². The summed E-state index contributed by atoms with van der Waals surface area (Å²) in [6.45, 7) is 2.70. The topological polar surface area (TPSA) is 60.0 Å². The van der Waals surface area contributed by atoms with E-state index in [1.54, 1.807) is 11.3 Å². The lowest BCUT2D eigenvalue weighted by Gasteiger charge is -2.34. The van der Waals surface area contributed by atoms with E-state index in [1.165, 1.54) is 19.3 Å². The van der Waals surface area contributed by atoms with Gasteiger partial charge in [0.2, 0.25) is 11.7 Å². The van der Waals surface area contributed by atoms with Crippen LogP contribution in [0.5, 0.6) is 0 Å². The second-order valence-electron chi connectivity index (χ2n) is 5.84. The van der Waals surface area contributed by atoms with Crippen LogP contribution in [0.25, 0.3) is 10.7 Å². The maximum Gasteiger partial charge on any atom is 0.241 e. The Hall–Kier alpha value is -1.99. The molecule has 0 saturated carbocycles. The lowest BCUT2D eigenvalue weighted by Crippen LogP contribution is -2.41. The number of thiophene rings is 1. The molecule has 1 aliphatic heterocycles. The van der Waals surface area contributed by atoms with E-state index < -0.39 is 0 Å². The van der Waals surface area contributed by atoms with Gasteiger partial charge < -0.3 is 4.52 Å². The first kappa shape index (κ1) is 14.6. The van der Waals surface area contributed by atoms with E-state index in [0.717, 1.165) is 18.0 Å². The highest BCUT2D eigenvalue weighted by Gasteiger charge is 2.25. The van der Waals surface area contributed by atoms with Crippen LogP contribution in [0.2, 0.25) is 0 Å². The molecule has 0 unspecified atom stereocenters. The van der Waals surface area contributed by atoms with Crippen molar-refractivity contribution in [2.24, 2.45) is 0 Å². The molecule has 0 N–H and O–H groups in total. The highest BCUT2D eigenvalue weighted by molar-refractivity contribution is 7.13. The molecule has 0 radical (unpaired) electrons. The normalized spacial score (nSPS) is 19.2. The summed E-state index contributed by atoms with van der Waals surface area (Å²) in [6.07, 6.45) is 7.53. The highest BCUT2D eigenvalue weighted by Crippen LogP contribution is 2.24. The Morgan fingerprint density at radius 3 is 3.13 bits per heavy atom. The average molecular weight is 329 g/mol. The summed E-state index contributed by atoms with van der Waals surface area (Å²) in [4.78, 5) is 8.04. The summed E-state index contributed by atoms with van der Waals surface area (Å²) >= 11 is 1.63. The van der Waals surface area contributed by atoms with Crippen molar-refractivity contribution in [1.29, 1.82) is 0 Å². The maximum atomic E-state index is 5.46. The summed E-state index contributed by atoms with van der Waals surface area (Å²) in [5.74, 6) is 1.39. The van der Waals surface area contributed by atoms with Crippen molar-refractivity contribution < 1.29 is 4.52 Å². The van der Waals surface area contributed by atoms with E-state index >= 15 is 0 Å². The minimum Gasteiger partial charge on any atom is -0.338 e. The average Bonchev–Trinajstić information content (AvgIpc) is 3.31. The van der Waals surface area contributed by atoms with Crippen molar-refractivity contribution >= 4 is 11.3 Å². The summed E-state index contributed by atoms with van der Waals surface area (Å²) in [7, 11) is 0. The molecule has 1 fully saturated rings. The van der Waals surface area contributed by atoms with Crippen molar-refractivity contribution in [1.82, 2.24) is 24.8 Å². The number of rotatable bonds is 5. The van der Waals surface area contributed by atoms with Crippen LogP contribution in [0.15, 0.2) is 40.5 Å². The van der Waals surface area contributed by atoms with Gasteiger partial charge in [0.25, 0.3) is 0 Å². The van der Waals surface area contributed by atoms with Gasteiger partial charge in [-0.1, -0.05) is 17.6 Å². The van der Waals surface area contributed by atoms with Crippen molar-refractivity contribution in [3.05, 3.63) is 41.9 Å². The van der Waals surface area contributed by atoms with E-state index in [2.05, 4.69) is 20.1 Å². The Balaban J connectivity index is 1.45. The Bertz CT molecular complexity index is 722. The highest BCUT2D eigenvalue weighted by atomic mass is 32.1. The number of hydrogen-bond donors (Lipinski definition) is 0. The number of aromatic nitrogens is 4. The SMILES string of the molecule is c1csc(-c2noc(CN3CCCC[C@H]3Cn3cccn3)n2)c1. The molecule has 1 aliphatic rings. The molecule has 0 aromatic carbocycles. The second-order valence-corrected chi connectivity index (χ2v) is 6.78. The first-order chi connectivity index (χ1) is 11.4.